The van der Waals surface area contributed by atoms with Crippen molar-refractivity contribution in [1.29, 1.82) is 0 Å². The summed E-state index contributed by atoms with van der Waals surface area (Å²) in [6, 6.07) is 25.5. The molecule has 146 valence electrons. The smallest absolute Gasteiger partial charge is 0.319 e. The maximum atomic E-state index is 12.5. The second kappa shape index (κ2) is 8.52. The number of anilines is 1. The summed E-state index contributed by atoms with van der Waals surface area (Å²) in [7, 11) is 1.60. The van der Waals surface area contributed by atoms with Gasteiger partial charge in [0.1, 0.15) is 5.75 Å². The van der Waals surface area contributed by atoms with E-state index in [1.54, 1.807) is 13.2 Å². The van der Waals surface area contributed by atoms with Gasteiger partial charge < -0.3 is 20.4 Å². The van der Waals surface area contributed by atoms with Gasteiger partial charge in [0, 0.05) is 41.3 Å². The largest absolute Gasteiger partial charge is 0.497 e. The summed E-state index contributed by atoms with van der Waals surface area (Å²) < 4.78 is 5.21. The zero-order valence-electron chi connectivity index (χ0n) is 16.2. The van der Waals surface area contributed by atoms with Crippen molar-refractivity contribution in [2.45, 2.75) is 5.92 Å². The molecule has 0 saturated heterocycles. The number of carbonyl (C=O) groups is 1. The van der Waals surface area contributed by atoms with Crippen LogP contribution in [0, 0.1) is 0 Å². The average molecular weight is 385 g/mol. The molecular formula is C24H23N3O2. The van der Waals surface area contributed by atoms with Gasteiger partial charge in [-0.2, -0.15) is 0 Å². The Morgan fingerprint density at radius 1 is 1.00 bits per heavy atom. The van der Waals surface area contributed by atoms with Crippen molar-refractivity contribution in [1.82, 2.24) is 10.3 Å². The highest BCUT2D eigenvalue weighted by Gasteiger charge is 2.19. The zero-order chi connectivity index (χ0) is 20.1. The molecule has 2 amide bonds. The number of amides is 2. The monoisotopic (exact) mass is 385 g/mol. The van der Waals surface area contributed by atoms with Gasteiger partial charge in [-0.1, -0.05) is 54.6 Å². The first-order valence-corrected chi connectivity index (χ1v) is 9.54. The fraction of sp³-hybridized carbons (Fsp3) is 0.125. The van der Waals surface area contributed by atoms with Crippen LogP contribution in [0.25, 0.3) is 10.9 Å². The number of benzene rings is 3. The lowest BCUT2D eigenvalue weighted by Gasteiger charge is -2.18. The minimum Gasteiger partial charge on any atom is -0.497 e. The molecule has 0 spiro atoms. The number of H-pyrrole nitrogens is 1. The number of urea groups is 1. The van der Waals surface area contributed by atoms with E-state index in [4.69, 9.17) is 4.74 Å². The van der Waals surface area contributed by atoms with Gasteiger partial charge in [-0.05, 0) is 29.3 Å². The van der Waals surface area contributed by atoms with Crippen molar-refractivity contribution < 1.29 is 9.53 Å². The number of carbonyl (C=O) groups excluding carboxylic acids is 1. The van der Waals surface area contributed by atoms with Crippen molar-refractivity contribution in [3.05, 3.63) is 96.2 Å². The highest BCUT2D eigenvalue weighted by atomic mass is 16.5. The molecule has 4 aromatic rings. The predicted molar refractivity (Wildman–Crippen MR) is 117 cm³/mol. The van der Waals surface area contributed by atoms with Gasteiger partial charge in [0.25, 0.3) is 0 Å². The highest BCUT2D eigenvalue weighted by molar-refractivity contribution is 5.89. The van der Waals surface area contributed by atoms with E-state index in [0.717, 1.165) is 22.0 Å². The van der Waals surface area contributed by atoms with Crippen LogP contribution in [-0.2, 0) is 0 Å². The first-order valence-electron chi connectivity index (χ1n) is 9.54. The van der Waals surface area contributed by atoms with E-state index in [0.29, 0.717) is 18.0 Å². The molecule has 1 heterocycles. The van der Waals surface area contributed by atoms with Crippen LogP contribution in [0.15, 0.2) is 85.1 Å². The molecule has 29 heavy (non-hydrogen) atoms. The van der Waals surface area contributed by atoms with Gasteiger partial charge in [0.05, 0.1) is 7.11 Å². The number of rotatable bonds is 6. The second-order valence-corrected chi connectivity index (χ2v) is 6.82. The molecule has 3 N–H and O–H groups in total. The van der Waals surface area contributed by atoms with Crippen molar-refractivity contribution >= 4 is 22.6 Å². The number of hydrogen-bond acceptors (Lipinski definition) is 2. The Morgan fingerprint density at radius 2 is 1.79 bits per heavy atom. The molecule has 0 aliphatic carbocycles. The molecule has 0 aliphatic heterocycles. The third-order valence-corrected chi connectivity index (χ3v) is 4.99. The van der Waals surface area contributed by atoms with Gasteiger partial charge in [0.2, 0.25) is 0 Å². The summed E-state index contributed by atoms with van der Waals surface area (Å²) in [6.45, 7) is 0.474. The molecule has 1 aromatic heterocycles. The van der Waals surface area contributed by atoms with E-state index in [1.807, 2.05) is 54.7 Å². The third kappa shape index (κ3) is 4.24. The molecule has 0 bridgehead atoms. The maximum absolute atomic E-state index is 12.5. The third-order valence-electron chi connectivity index (χ3n) is 4.99. The van der Waals surface area contributed by atoms with E-state index in [-0.39, 0.29) is 11.9 Å². The number of methoxy groups -OCH3 is 1. The minimum absolute atomic E-state index is 0.0309. The summed E-state index contributed by atoms with van der Waals surface area (Å²) in [6.07, 6.45) is 2.03. The lowest BCUT2D eigenvalue weighted by atomic mass is 9.91. The summed E-state index contributed by atoms with van der Waals surface area (Å²) in [5.74, 6) is 0.729. The lowest BCUT2D eigenvalue weighted by Crippen LogP contribution is -2.32. The van der Waals surface area contributed by atoms with Crippen LogP contribution in [0.4, 0.5) is 10.5 Å². The Labute approximate surface area is 169 Å². The van der Waals surface area contributed by atoms with E-state index >= 15 is 0 Å². The van der Waals surface area contributed by atoms with Crippen LogP contribution in [0.5, 0.6) is 5.75 Å². The van der Waals surface area contributed by atoms with E-state index in [1.165, 1.54) is 0 Å². The fourth-order valence-corrected chi connectivity index (χ4v) is 3.55. The predicted octanol–water partition coefficient (Wildman–Crippen LogP) is 5.13. The SMILES string of the molecule is COc1cccc(NC(=O)NCC(c2ccccc2)c2c[nH]c3ccccc23)c1. The van der Waals surface area contributed by atoms with Crippen molar-refractivity contribution in [2.75, 3.05) is 19.0 Å². The van der Waals surface area contributed by atoms with Crippen LogP contribution < -0.4 is 15.4 Å². The van der Waals surface area contributed by atoms with E-state index in [2.05, 4.69) is 39.9 Å². The number of para-hydroxylation sites is 1. The molecule has 3 aromatic carbocycles. The topological polar surface area (TPSA) is 66.2 Å². The van der Waals surface area contributed by atoms with Crippen LogP contribution >= 0.6 is 0 Å². The molecule has 0 saturated carbocycles. The highest BCUT2D eigenvalue weighted by Crippen LogP contribution is 2.30. The Morgan fingerprint density at radius 3 is 2.62 bits per heavy atom. The summed E-state index contributed by atoms with van der Waals surface area (Å²) >= 11 is 0. The molecule has 0 radical (unpaired) electrons. The number of nitrogens with one attached hydrogen (secondary N) is 3. The number of hydrogen-bond donors (Lipinski definition) is 3. The molecule has 0 aliphatic rings. The molecule has 4 rings (SSSR count). The van der Waals surface area contributed by atoms with Crippen LogP contribution in [0.3, 0.4) is 0 Å². The van der Waals surface area contributed by atoms with Gasteiger partial charge >= 0.3 is 6.03 Å². The van der Waals surface area contributed by atoms with Crippen LogP contribution in [0.2, 0.25) is 0 Å². The van der Waals surface area contributed by atoms with E-state index < -0.39 is 0 Å². The first-order chi connectivity index (χ1) is 14.2. The van der Waals surface area contributed by atoms with Gasteiger partial charge in [0.15, 0.2) is 0 Å². The quantitative estimate of drug-likeness (QED) is 0.431. The van der Waals surface area contributed by atoms with Crippen molar-refractivity contribution in [2.24, 2.45) is 0 Å². The Bertz CT molecular complexity index is 1110. The zero-order valence-corrected chi connectivity index (χ0v) is 16.2. The maximum Gasteiger partial charge on any atom is 0.319 e. The molecule has 1 atom stereocenters. The van der Waals surface area contributed by atoms with Crippen molar-refractivity contribution in [3.8, 4) is 5.75 Å². The van der Waals surface area contributed by atoms with Crippen LogP contribution in [-0.4, -0.2) is 24.7 Å². The number of aromatic amines is 1. The molecule has 1 unspecified atom stereocenters. The van der Waals surface area contributed by atoms with Crippen molar-refractivity contribution in [3.63, 3.8) is 0 Å². The Hall–Kier alpha value is -3.73. The standard InChI is InChI=1S/C24H23N3O2/c1-29-19-11-7-10-18(14-19)27-24(28)26-15-21(17-8-3-2-4-9-17)22-16-25-23-13-6-5-12-20(22)23/h2-14,16,21,25H,15H2,1H3,(H2,26,27,28). The van der Waals surface area contributed by atoms with Gasteiger partial charge in [-0.25, -0.2) is 4.79 Å². The Balaban J connectivity index is 1.54. The second-order valence-electron chi connectivity index (χ2n) is 6.82. The molecule has 5 nitrogen and oxygen atoms in total. The fourth-order valence-electron chi connectivity index (χ4n) is 3.55. The molecule has 5 heteroatoms. The average Bonchev–Trinajstić information content (AvgIpc) is 3.19. The van der Waals surface area contributed by atoms with E-state index in [9.17, 15) is 4.79 Å². The lowest BCUT2D eigenvalue weighted by molar-refractivity contribution is 0.252. The number of aromatic nitrogens is 1. The summed E-state index contributed by atoms with van der Waals surface area (Å²) in [5.41, 5.74) is 4.09. The summed E-state index contributed by atoms with van der Waals surface area (Å²) in [5, 5.41) is 7.05. The number of ether oxygens (including phenoxy) is 1. The normalized spacial score (nSPS) is 11.8. The van der Waals surface area contributed by atoms with Gasteiger partial charge in [-0.3, -0.25) is 0 Å². The minimum atomic E-state index is -0.251. The molecular weight excluding hydrogens is 362 g/mol. The summed E-state index contributed by atoms with van der Waals surface area (Å²) in [4.78, 5) is 15.8. The van der Waals surface area contributed by atoms with Crippen LogP contribution in [0.1, 0.15) is 17.0 Å². The molecule has 0 fully saturated rings. The Kier molecular flexibility index (Phi) is 5.47. The van der Waals surface area contributed by atoms with Gasteiger partial charge in [-0.15, -0.1) is 0 Å². The number of fused-ring (bicyclic) bond motifs is 1. The first kappa shape index (κ1) is 18.6.